The zero-order chi connectivity index (χ0) is 39.4. The number of rotatable bonds is 2. The van der Waals surface area contributed by atoms with E-state index in [1.807, 2.05) is 0 Å². The molecule has 0 saturated heterocycles. The van der Waals surface area contributed by atoms with Crippen LogP contribution in [0.25, 0.3) is 0 Å². The maximum atomic E-state index is 2.67. The van der Waals surface area contributed by atoms with Crippen molar-refractivity contribution >= 4 is 57.2 Å². The van der Waals surface area contributed by atoms with E-state index in [-0.39, 0.29) is 28.4 Å². The largest absolute Gasteiger partial charge is 0.311 e. The quantitative estimate of drug-likeness (QED) is 0.129. The predicted octanol–water partition coefficient (Wildman–Crippen LogP) is 12.5. The molecule has 1 aliphatic carbocycles. The first kappa shape index (κ1) is 37.7. The van der Waals surface area contributed by atoms with Gasteiger partial charge in [0, 0.05) is 34.1 Å². The van der Waals surface area contributed by atoms with E-state index in [2.05, 4.69) is 185 Å². The normalized spacial score (nSPS) is 15.6. The van der Waals surface area contributed by atoms with Gasteiger partial charge in [-0.15, -0.1) is 0 Å². The molecule has 55 heavy (non-hydrogen) atoms. The SMILES string of the molecule is Cc1cc2c3c(c1)N(c1cc(C(C)(C)C)cc(C(C)(C)C)c1)c1cc4c(cc1B3c1ccccc1N2c1cc(C(C)(C)C)cc(C(C)(C)C)c1)CCCCC4. The van der Waals surface area contributed by atoms with Crippen LogP contribution in [0.5, 0.6) is 0 Å². The molecule has 5 aromatic rings. The lowest BCUT2D eigenvalue weighted by atomic mass is 9.33. The van der Waals surface area contributed by atoms with E-state index in [0.29, 0.717) is 0 Å². The summed E-state index contributed by atoms with van der Waals surface area (Å²) in [6.45, 7) is 30.7. The van der Waals surface area contributed by atoms with Crippen molar-refractivity contribution in [2.75, 3.05) is 9.80 Å². The molecule has 2 heterocycles. The fourth-order valence-electron chi connectivity index (χ4n) is 9.26. The number of aryl methyl sites for hydroxylation is 3. The van der Waals surface area contributed by atoms with Gasteiger partial charge in [0.05, 0.1) is 0 Å². The van der Waals surface area contributed by atoms with E-state index in [0.717, 1.165) is 6.42 Å². The van der Waals surface area contributed by atoms with E-state index in [1.165, 1.54) is 104 Å². The Hall–Kier alpha value is -4.24. The maximum Gasteiger partial charge on any atom is 0.252 e. The van der Waals surface area contributed by atoms with Gasteiger partial charge in [-0.25, -0.2) is 0 Å². The highest BCUT2D eigenvalue weighted by Crippen LogP contribution is 2.48. The van der Waals surface area contributed by atoms with Gasteiger partial charge >= 0.3 is 0 Å². The van der Waals surface area contributed by atoms with Gasteiger partial charge in [0.1, 0.15) is 0 Å². The summed E-state index contributed by atoms with van der Waals surface area (Å²) in [6.07, 6.45) is 6.17. The van der Waals surface area contributed by atoms with E-state index in [1.54, 1.807) is 11.1 Å². The molecule has 0 N–H and O–H groups in total. The number of fused-ring (bicyclic) bond motifs is 5. The van der Waals surface area contributed by atoms with Gasteiger partial charge in [-0.1, -0.05) is 126 Å². The van der Waals surface area contributed by atoms with Crippen LogP contribution in [0.15, 0.2) is 84.9 Å². The Morgan fingerprint density at radius 2 is 0.873 bits per heavy atom. The summed E-state index contributed by atoms with van der Waals surface area (Å²) in [7, 11) is 0. The van der Waals surface area contributed by atoms with Crippen LogP contribution >= 0.6 is 0 Å². The number of nitrogens with zero attached hydrogens (tertiary/aromatic N) is 2. The second-order valence-corrected chi connectivity index (χ2v) is 21.2. The average Bonchev–Trinajstić information content (AvgIpc) is 3.33. The summed E-state index contributed by atoms with van der Waals surface area (Å²) < 4.78 is 0. The Labute approximate surface area is 333 Å². The van der Waals surface area contributed by atoms with Gasteiger partial charge < -0.3 is 9.80 Å². The van der Waals surface area contributed by atoms with Gasteiger partial charge in [0.2, 0.25) is 0 Å². The Bertz CT molecular complexity index is 2250. The molecule has 284 valence electrons. The molecule has 3 heteroatoms. The summed E-state index contributed by atoms with van der Waals surface area (Å²) >= 11 is 0. The summed E-state index contributed by atoms with van der Waals surface area (Å²) in [5.74, 6) is 0. The summed E-state index contributed by atoms with van der Waals surface area (Å²) in [6, 6.07) is 34.4. The van der Waals surface area contributed by atoms with Crippen LogP contribution in [0.4, 0.5) is 34.1 Å². The zero-order valence-electron chi connectivity index (χ0n) is 36.1. The highest BCUT2D eigenvalue weighted by molar-refractivity contribution is 7.00. The smallest absolute Gasteiger partial charge is 0.252 e. The molecule has 0 aromatic heterocycles. The molecule has 5 aromatic carbocycles. The van der Waals surface area contributed by atoms with Gasteiger partial charge in [0.15, 0.2) is 0 Å². The van der Waals surface area contributed by atoms with Crippen LogP contribution in [0.3, 0.4) is 0 Å². The molecule has 3 aliphatic rings. The van der Waals surface area contributed by atoms with Crippen molar-refractivity contribution in [1.29, 1.82) is 0 Å². The van der Waals surface area contributed by atoms with Gasteiger partial charge in [-0.3, -0.25) is 0 Å². The molecule has 0 unspecified atom stereocenters. The van der Waals surface area contributed by atoms with E-state index in [9.17, 15) is 0 Å². The minimum Gasteiger partial charge on any atom is -0.311 e. The van der Waals surface area contributed by atoms with Crippen molar-refractivity contribution in [3.8, 4) is 0 Å². The monoisotopic (exact) mass is 727 g/mol. The van der Waals surface area contributed by atoms with Crippen molar-refractivity contribution in [2.24, 2.45) is 0 Å². The average molecular weight is 727 g/mol. The number of benzene rings is 5. The molecule has 0 spiro atoms. The second kappa shape index (κ2) is 12.9. The van der Waals surface area contributed by atoms with E-state index in [4.69, 9.17) is 0 Å². The molecule has 0 bridgehead atoms. The number of anilines is 6. The topological polar surface area (TPSA) is 6.48 Å². The number of hydrogen-bond donors (Lipinski definition) is 0. The molecule has 0 radical (unpaired) electrons. The lowest BCUT2D eigenvalue weighted by Gasteiger charge is -2.45. The first-order valence-electron chi connectivity index (χ1n) is 21.0. The molecule has 0 saturated carbocycles. The number of para-hydroxylation sites is 1. The summed E-state index contributed by atoms with van der Waals surface area (Å²) in [4.78, 5) is 5.28. The van der Waals surface area contributed by atoms with Crippen LogP contribution in [-0.2, 0) is 34.5 Å². The summed E-state index contributed by atoms with van der Waals surface area (Å²) in [5, 5.41) is 0. The predicted molar refractivity (Wildman–Crippen MR) is 241 cm³/mol. The lowest BCUT2D eigenvalue weighted by Crippen LogP contribution is -2.61. The third kappa shape index (κ3) is 6.64. The minimum atomic E-state index is 0.00946. The highest BCUT2D eigenvalue weighted by atomic mass is 15.2. The van der Waals surface area contributed by atoms with Crippen LogP contribution < -0.4 is 26.2 Å². The minimum absolute atomic E-state index is 0.00946. The van der Waals surface area contributed by atoms with Crippen molar-refractivity contribution in [3.05, 3.63) is 124 Å². The highest BCUT2D eigenvalue weighted by Gasteiger charge is 2.44. The van der Waals surface area contributed by atoms with Gasteiger partial charge in [-0.05, 0) is 158 Å². The third-order valence-corrected chi connectivity index (χ3v) is 12.6. The maximum absolute atomic E-state index is 2.67. The molecule has 0 amide bonds. The van der Waals surface area contributed by atoms with E-state index < -0.39 is 0 Å². The van der Waals surface area contributed by atoms with Crippen molar-refractivity contribution in [2.45, 2.75) is 144 Å². The Morgan fingerprint density at radius 1 is 0.436 bits per heavy atom. The molecular weight excluding hydrogens is 663 g/mol. The second-order valence-electron chi connectivity index (χ2n) is 21.2. The molecule has 0 fully saturated rings. The van der Waals surface area contributed by atoms with Crippen LogP contribution in [0, 0.1) is 6.92 Å². The summed E-state index contributed by atoms with van der Waals surface area (Å²) in [5.41, 5.74) is 22.0. The molecule has 2 aliphatic heterocycles. The molecule has 0 atom stereocenters. The fraction of sp³-hybridized carbons (Fsp3) is 0.423. The first-order valence-corrected chi connectivity index (χ1v) is 21.0. The standard InChI is InChI=1S/C52H63BN2/c1-33-23-46-48-47(24-33)55(41-31-38(51(8,9)10)28-39(32-41)52(11,12)13)45-26-35-20-16-14-15-19-34(35)25-43(45)53(48)42-21-17-18-22-44(42)54(46)40-29-36(49(2,3)4)27-37(30-40)50(5,6)7/h17-18,21-32H,14-16,19-20H2,1-13H3. The molecular formula is C52H63BN2. The van der Waals surface area contributed by atoms with Crippen molar-refractivity contribution in [3.63, 3.8) is 0 Å². The van der Waals surface area contributed by atoms with Gasteiger partial charge in [-0.2, -0.15) is 0 Å². The third-order valence-electron chi connectivity index (χ3n) is 12.6. The number of hydrogen-bond acceptors (Lipinski definition) is 2. The first-order chi connectivity index (χ1) is 25.7. The Balaban J connectivity index is 1.49. The lowest BCUT2D eigenvalue weighted by molar-refractivity contribution is 0.568. The Kier molecular flexibility index (Phi) is 8.84. The van der Waals surface area contributed by atoms with Crippen molar-refractivity contribution in [1.82, 2.24) is 0 Å². The van der Waals surface area contributed by atoms with Gasteiger partial charge in [0.25, 0.3) is 6.71 Å². The zero-order valence-corrected chi connectivity index (χ0v) is 36.1. The molecule has 2 nitrogen and oxygen atoms in total. The van der Waals surface area contributed by atoms with Crippen LogP contribution in [0.1, 0.15) is 141 Å². The Morgan fingerprint density at radius 3 is 1.35 bits per heavy atom. The fourth-order valence-corrected chi connectivity index (χ4v) is 9.26. The van der Waals surface area contributed by atoms with E-state index >= 15 is 0 Å². The van der Waals surface area contributed by atoms with Crippen molar-refractivity contribution < 1.29 is 0 Å². The van der Waals surface area contributed by atoms with Crippen LogP contribution in [-0.4, -0.2) is 6.71 Å². The van der Waals surface area contributed by atoms with Crippen LogP contribution in [0.2, 0.25) is 0 Å². The molecule has 8 rings (SSSR count).